The second-order valence-corrected chi connectivity index (χ2v) is 6.58. The molecule has 120 valence electrons. The monoisotopic (exact) mass is 329 g/mol. The van der Waals surface area contributed by atoms with Crippen molar-refractivity contribution >= 4 is 16.2 Å². The van der Waals surface area contributed by atoms with Crippen molar-refractivity contribution in [2.24, 2.45) is 0 Å². The average Bonchev–Trinajstić information content (AvgIpc) is 2.25. The smallest absolute Gasteiger partial charge is 0.443 e. The second kappa shape index (κ2) is 5.58. The third-order valence-electron chi connectivity index (χ3n) is 2.03. The molecule has 0 bridgehead atoms. The van der Waals surface area contributed by atoms with Crippen molar-refractivity contribution in [2.45, 2.75) is 31.9 Å². The van der Waals surface area contributed by atoms with Crippen LogP contribution >= 0.6 is 0 Å². The molecule has 0 unspecified atom stereocenters. The van der Waals surface area contributed by atoms with Gasteiger partial charge in [-0.25, -0.2) is 4.79 Å². The lowest BCUT2D eigenvalue weighted by molar-refractivity contribution is -0.0520. The van der Waals surface area contributed by atoms with Gasteiger partial charge in [-0.3, -0.25) is 4.90 Å². The molecule has 0 aromatic carbocycles. The second-order valence-electron chi connectivity index (χ2n) is 5.04. The molecule has 21 heavy (non-hydrogen) atoms. The van der Waals surface area contributed by atoms with E-state index >= 15 is 0 Å². The van der Waals surface area contributed by atoms with E-state index in [-0.39, 0.29) is 6.54 Å². The van der Waals surface area contributed by atoms with Crippen molar-refractivity contribution < 1.29 is 35.3 Å². The molecule has 6 nitrogen and oxygen atoms in total. The van der Waals surface area contributed by atoms with Crippen molar-refractivity contribution in [1.82, 2.24) is 4.90 Å². The Morgan fingerprint density at radius 1 is 1.29 bits per heavy atom. The van der Waals surface area contributed by atoms with Gasteiger partial charge in [-0.1, -0.05) is 0 Å². The van der Waals surface area contributed by atoms with E-state index in [1.54, 1.807) is 20.8 Å². The Kier molecular flexibility index (Phi) is 4.61. The van der Waals surface area contributed by atoms with E-state index in [1.807, 2.05) is 0 Å². The maximum atomic E-state index is 12.1. The van der Waals surface area contributed by atoms with Crippen molar-refractivity contribution in [3.05, 3.63) is 24.1 Å². The molecule has 10 heteroatoms. The Morgan fingerprint density at radius 2 is 1.86 bits per heavy atom. The average molecular weight is 329 g/mol. The fourth-order valence-electron chi connectivity index (χ4n) is 1.17. The largest absolute Gasteiger partial charge is 0.534 e. The Morgan fingerprint density at radius 3 is 2.24 bits per heavy atom. The first-order valence-electron chi connectivity index (χ1n) is 5.70. The Balaban J connectivity index is 2.69. The van der Waals surface area contributed by atoms with Gasteiger partial charge in [0.15, 0.2) is 0 Å². The standard InChI is InChI=1S/C11H14F3NO5S/c1-10(2,3)19-9(16)15-6-4-8(5-7-15)20-21(17,18)11(12,13)14/h4-6H,7H2,1-3H3. The molecule has 0 aromatic rings. The normalized spacial score (nSPS) is 16.5. The molecule has 0 radical (unpaired) electrons. The molecular weight excluding hydrogens is 315 g/mol. The van der Waals surface area contributed by atoms with Gasteiger partial charge < -0.3 is 8.92 Å². The molecule has 0 saturated carbocycles. The number of hydrogen-bond donors (Lipinski definition) is 0. The van der Waals surface area contributed by atoms with Crippen LogP contribution < -0.4 is 0 Å². The van der Waals surface area contributed by atoms with E-state index in [0.29, 0.717) is 0 Å². The molecule has 1 aliphatic rings. The van der Waals surface area contributed by atoms with Gasteiger partial charge in [0.05, 0.1) is 6.54 Å². The molecular formula is C11H14F3NO5S. The summed E-state index contributed by atoms with van der Waals surface area (Å²) in [7, 11) is -5.72. The van der Waals surface area contributed by atoms with Gasteiger partial charge in [0.1, 0.15) is 11.4 Å². The topological polar surface area (TPSA) is 72.9 Å². The van der Waals surface area contributed by atoms with Crippen molar-refractivity contribution in [1.29, 1.82) is 0 Å². The zero-order valence-electron chi connectivity index (χ0n) is 11.5. The first-order valence-corrected chi connectivity index (χ1v) is 7.11. The molecule has 0 atom stereocenters. The number of allylic oxidation sites excluding steroid dienone is 1. The lowest BCUT2D eigenvalue weighted by Gasteiger charge is -2.26. The maximum Gasteiger partial charge on any atom is 0.534 e. The number of halogens is 3. The highest BCUT2D eigenvalue weighted by Crippen LogP contribution is 2.27. The zero-order valence-corrected chi connectivity index (χ0v) is 12.3. The summed E-state index contributed by atoms with van der Waals surface area (Å²) >= 11 is 0. The van der Waals surface area contributed by atoms with Crippen molar-refractivity contribution in [3.8, 4) is 0 Å². The van der Waals surface area contributed by atoms with E-state index < -0.39 is 33.1 Å². The minimum absolute atomic E-state index is 0.172. The lowest BCUT2D eigenvalue weighted by Crippen LogP contribution is -2.35. The summed E-state index contributed by atoms with van der Waals surface area (Å²) < 4.78 is 66.9. The number of nitrogens with zero attached hydrogens (tertiary/aromatic N) is 1. The van der Waals surface area contributed by atoms with Gasteiger partial charge in [-0.15, -0.1) is 0 Å². The molecule has 1 aliphatic heterocycles. The van der Waals surface area contributed by atoms with Crippen LogP contribution in [0.5, 0.6) is 0 Å². The van der Waals surface area contributed by atoms with Gasteiger partial charge in [-0.2, -0.15) is 21.6 Å². The summed E-state index contributed by atoms with van der Waals surface area (Å²) in [6.07, 6.45) is 2.31. The van der Waals surface area contributed by atoms with Crippen LogP contribution in [-0.2, 0) is 19.0 Å². The summed E-state index contributed by atoms with van der Waals surface area (Å²) in [6, 6.07) is 0. The number of ether oxygens (including phenoxy) is 1. The van der Waals surface area contributed by atoms with Crippen molar-refractivity contribution in [2.75, 3.05) is 6.54 Å². The predicted octanol–water partition coefficient (Wildman–Crippen LogP) is 2.50. The van der Waals surface area contributed by atoms with Crippen LogP contribution in [0, 0.1) is 0 Å². The van der Waals surface area contributed by atoms with Gasteiger partial charge in [0.25, 0.3) is 0 Å². The molecule has 0 fully saturated rings. The minimum Gasteiger partial charge on any atom is -0.443 e. The molecule has 0 N–H and O–H groups in total. The zero-order chi connectivity index (χ0) is 16.5. The first-order chi connectivity index (χ1) is 9.32. The fraction of sp³-hybridized carbons (Fsp3) is 0.545. The van der Waals surface area contributed by atoms with E-state index in [9.17, 15) is 26.4 Å². The Bertz CT molecular complexity index is 572. The quantitative estimate of drug-likeness (QED) is 0.575. The van der Waals surface area contributed by atoms with Crippen LogP contribution in [0.25, 0.3) is 0 Å². The first kappa shape index (κ1) is 17.3. The summed E-state index contributed by atoms with van der Waals surface area (Å²) in [5.74, 6) is -0.521. The van der Waals surface area contributed by atoms with E-state index in [1.165, 1.54) is 0 Å². The number of amides is 1. The maximum absolute atomic E-state index is 12.1. The number of rotatable bonds is 2. The summed E-state index contributed by atoms with van der Waals surface area (Å²) in [5.41, 5.74) is -6.24. The number of alkyl halides is 3. The minimum atomic E-state index is -5.72. The Labute approximate surface area is 119 Å². The van der Waals surface area contributed by atoms with Gasteiger partial charge in [0.2, 0.25) is 0 Å². The molecule has 0 spiro atoms. The van der Waals surface area contributed by atoms with Crippen LogP contribution in [0.3, 0.4) is 0 Å². The number of hydrogen-bond acceptors (Lipinski definition) is 5. The number of carbonyl (C=O) groups is 1. The molecule has 0 saturated heterocycles. The van der Waals surface area contributed by atoms with Gasteiger partial charge in [-0.05, 0) is 32.9 Å². The molecule has 1 heterocycles. The Hall–Kier alpha value is -1.71. The third-order valence-corrected chi connectivity index (χ3v) is 3.00. The van der Waals surface area contributed by atoms with Crippen molar-refractivity contribution in [3.63, 3.8) is 0 Å². The van der Waals surface area contributed by atoms with Crippen LogP contribution in [0.2, 0.25) is 0 Å². The van der Waals surface area contributed by atoms with E-state index in [4.69, 9.17) is 4.74 Å². The summed E-state index contributed by atoms with van der Waals surface area (Å²) in [6.45, 7) is 4.78. The highest BCUT2D eigenvalue weighted by atomic mass is 32.2. The highest BCUT2D eigenvalue weighted by molar-refractivity contribution is 7.87. The van der Waals surface area contributed by atoms with Crippen LogP contribution in [0.4, 0.5) is 18.0 Å². The lowest BCUT2D eigenvalue weighted by atomic mass is 10.2. The van der Waals surface area contributed by atoms with Crippen LogP contribution in [0.1, 0.15) is 20.8 Å². The van der Waals surface area contributed by atoms with Crippen LogP contribution in [-0.4, -0.2) is 37.1 Å². The van der Waals surface area contributed by atoms with E-state index in [2.05, 4.69) is 4.18 Å². The number of carbonyl (C=O) groups excluding carboxylic acids is 1. The van der Waals surface area contributed by atoms with Gasteiger partial charge >= 0.3 is 21.7 Å². The molecule has 0 aliphatic carbocycles. The molecule has 0 aromatic heterocycles. The third kappa shape index (κ3) is 4.96. The predicted molar refractivity (Wildman–Crippen MR) is 66.2 cm³/mol. The van der Waals surface area contributed by atoms with Gasteiger partial charge in [0, 0.05) is 6.20 Å². The fourth-order valence-corrected chi connectivity index (χ4v) is 1.64. The van der Waals surface area contributed by atoms with Crippen LogP contribution in [0.15, 0.2) is 24.1 Å². The molecule has 1 rings (SSSR count). The summed E-state index contributed by atoms with van der Waals surface area (Å²) in [4.78, 5) is 12.7. The summed E-state index contributed by atoms with van der Waals surface area (Å²) in [5, 5.41) is 0. The molecule has 1 amide bonds. The highest BCUT2D eigenvalue weighted by Gasteiger charge is 2.48. The SMILES string of the molecule is CC(C)(C)OC(=O)N1C=CC(OS(=O)(=O)C(F)(F)F)=CC1. The van der Waals surface area contributed by atoms with E-state index in [0.717, 1.165) is 23.3 Å².